The summed E-state index contributed by atoms with van der Waals surface area (Å²) in [6, 6.07) is 7.29. The molecule has 6 bridgehead atoms. The Bertz CT molecular complexity index is 2460. The third-order valence-corrected chi connectivity index (χ3v) is 14.0. The molecule has 7 rings (SSSR count). The van der Waals surface area contributed by atoms with Gasteiger partial charge in [0.15, 0.2) is 0 Å². The summed E-state index contributed by atoms with van der Waals surface area (Å²) >= 11 is 1.41. The van der Waals surface area contributed by atoms with Crippen molar-refractivity contribution in [3.05, 3.63) is 58.2 Å². The highest BCUT2D eigenvalue weighted by Gasteiger charge is 2.39. The molecule has 4 aromatic rings. The van der Waals surface area contributed by atoms with Crippen molar-refractivity contribution in [2.24, 2.45) is 11.3 Å². The van der Waals surface area contributed by atoms with Gasteiger partial charge in [0.1, 0.15) is 18.1 Å². The Morgan fingerprint density at radius 2 is 1.78 bits per heavy atom. The van der Waals surface area contributed by atoms with E-state index in [2.05, 4.69) is 60.3 Å². The fourth-order valence-corrected chi connectivity index (χ4v) is 10.5. The van der Waals surface area contributed by atoms with E-state index in [0.717, 1.165) is 44.7 Å². The van der Waals surface area contributed by atoms with Gasteiger partial charge in [0, 0.05) is 98.9 Å². The van der Waals surface area contributed by atoms with E-state index in [4.69, 9.17) is 19.4 Å². The molecule has 0 unspecified atom stereocenters. The number of cyclic esters (lactones) is 1. The zero-order chi connectivity index (χ0) is 48.3. The second-order valence-corrected chi connectivity index (χ2v) is 20.4. The zero-order valence-electron chi connectivity index (χ0n) is 40.8. The molecular formula is C49H68N10O7S. The molecule has 67 heavy (non-hydrogen) atoms. The highest BCUT2D eigenvalue weighted by Crippen LogP contribution is 2.42. The largest absolute Gasteiger partial charge is 0.464 e. The molecule has 0 saturated carbocycles. The molecule has 2 saturated heterocycles. The number of urea groups is 1. The summed E-state index contributed by atoms with van der Waals surface area (Å²) in [5, 5.41) is 8.12. The van der Waals surface area contributed by atoms with Gasteiger partial charge < -0.3 is 39.0 Å². The fourth-order valence-electron chi connectivity index (χ4n) is 9.61. The summed E-state index contributed by atoms with van der Waals surface area (Å²) in [6.45, 7) is 14.9. The van der Waals surface area contributed by atoms with Gasteiger partial charge in [0.05, 0.1) is 41.3 Å². The van der Waals surface area contributed by atoms with Crippen LogP contribution in [0.15, 0.2) is 41.9 Å². The molecule has 4 atom stereocenters. The van der Waals surface area contributed by atoms with Crippen molar-refractivity contribution in [3.8, 4) is 22.5 Å². The van der Waals surface area contributed by atoms with Gasteiger partial charge >= 0.3 is 12.0 Å². The van der Waals surface area contributed by atoms with Crippen LogP contribution in [0.4, 0.5) is 4.79 Å². The standard InChI is InChI=1S/C49H68N10O7S/c1-11-58-39-17-16-32-24-34(39)35(44(58)33-14-12-18-50-42(33)31(4)65-10)26-49(5,6)29-66-47(63)36-15-13-19-59(53-36)46(62)37(25-40-51-38(32)28-67-40)52-45(61)43(30(2)3)55(9)48(64)57-22-20-56(21-23-57)41(60)27-54(7)8/h12,14,16-18,24,28,30-31,36-37,43,53H,11,13,15,19-23,25-27,29H2,1-10H3,(H,52,61)/t31-,36-,37-,43-/m0/s1. The average molecular weight is 941 g/mol. The number of aryl methyl sites for hydroxylation is 1. The molecular weight excluding hydrogens is 873 g/mol. The fraction of sp³-hybridized carbons (Fsp3) is 0.571. The van der Waals surface area contributed by atoms with E-state index in [1.54, 1.807) is 30.2 Å². The molecule has 3 aliphatic rings. The number of aromatic nitrogens is 3. The Balaban J connectivity index is 1.23. The van der Waals surface area contributed by atoms with Gasteiger partial charge in [0.25, 0.3) is 5.91 Å². The summed E-state index contributed by atoms with van der Waals surface area (Å²) in [4.78, 5) is 86.3. The molecule has 5 amide bonds. The van der Waals surface area contributed by atoms with Crippen LogP contribution in [0.3, 0.4) is 0 Å². The Labute approximate surface area is 398 Å². The van der Waals surface area contributed by atoms with Crippen LogP contribution in [0.25, 0.3) is 33.4 Å². The van der Waals surface area contributed by atoms with Gasteiger partial charge in [0.2, 0.25) is 11.8 Å². The molecule has 3 aliphatic heterocycles. The highest BCUT2D eigenvalue weighted by atomic mass is 32.1. The normalized spacial score (nSPS) is 20.1. The number of amides is 5. The number of piperazine rings is 1. The monoisotopic (exact) mass is 940 g/mol. The van der Waals surface area contributed by atoms with E-state index in [9.17, 15) is 24.0 Å². The molecule has 2 N–H and O–H groups in total. The van der Waals surface area contributed by atoms with Crippen LogP contribution in [0.1, 0.15) is 76.8 Å². The molecule has 17 nitrogen and oxygen atoms in total. The second-order valence-electron chi connectivity index (χ2n) is 19.5. The van der Waals surface area contributed by atoms with E-state index < -0.39 is 41.3 Å². The number of hydrogen-bond acceptors (Lipinski definition) is 12. The zero-order valence-corrected chi connectivity index (χ0v) is 41.6. The number of methoxy groups -OCH3 is 1. The minimum absolute atomic E-state index is 0.00141. The van der Waals surface area contributed by atoms with Crippen molar-refractivity contribution < 1.29 is 33.4 Å². The van der Waals surface area contributed by atoms with E-state index in [0.29, 0.717) is 63.5 Å². The number of carbonyl (C=O) groups is 5. The van der Waals surface area contributed by atoms with Crippen molar-refractivity contribution in [3.63, 3.8) is 0 Å². The molecule has 0 aliphatic carbocycles. The predicted octanol–water partition coefficient (Wildman–Crippen LogP) is 4.98. The van der Waals surface area contributed by atoms with Crippen LogP contribution >= 0.6 is 11.3 Å². The minimum Gasteiger partial charge on any atom is -0.464 e. The quantitative estimate of drug-likeness (QED) is 0.205. The van der Waals surface area contributed by atoms with Crippen molar-refractivity contribution in [1.82, 2.24) is 49.9 Å². The lowest BCUT2D eigenvalue weighted by Gasteiger charge is -2.40. The number of fused-ring (bicyclic) bond motifs is 6. The van der Waals surface area contributed by atoms with Gasteiger partial charge in [-0.25, -0.2) is 15.2 Å². The topological polar surface area (TPSA) is 175 Å². The first kappa shape index (κ1) is 49.5. The maximum Gasteiger partial charge on any atom is 0.324 e. The Morgan fingerprint density at radius 1 is 1.04 bits per heavy atom. The third kappa shape index (κ3) is 10.8. The Morgan fingerprint density at radius 3 is 2.46 bits per heavy atom. The van der Waals surface area contributed by atoms with Gasteiger partial charge in [-0.2, -0.15) is 0 Å². The number of hydrazine groups is 1. The molecule has 0 radical (unpaired) electrons. The number of benzene rings is 1. The summed E-state index contributed by atoms with van der Waals surface area (Å²) in [5.74, 6) is -1.67. The lowest BCUT2D eigenvalue weighted by molar-refractivity contribution is -0.155. The lowest BCUT2D eigenvalue weighted by Crippen LogP contribution is -2.63. The van der Waals surface area contributed by atoms with Crippen LogP contribution < -0.4 is 10.7 Å². The molecule has 18 heteroatoms. The molecule has 1 aromatic carbocycles. The molecule has 6 heterocycles. The third-order valence-electron chi connectivity index (χ3n) is 13.1. The van der Waals surface area contributed by atoms with Crippen LogP contribution in [-0.2, 0) is 48.0 Å². The number of pyridine rings is 1. The first-order chi connectivity index (χ1) is 31.9. The van der Waals surface area contributed by atoms with Crippen LogP contribution in [0.2, 0.25) is 0 Å². The van der Waals surface area contributed by atoms with E-state index in [-0.39, 0.29) is 43.5 Å². The van der Waals surface area contributed by atoms with Crippen molar-refractivity contribution in [2.45, 2.75) is 98.0 Å². The number of ether oxygens (including phenoxy) is 2. The highest BCUT2D eigenvalue weighted by molar-refractivity contribution is 7.10. The van der Waals surface area contributed by atoms with Crippen LogP contribution in [-0.4, -0.2) is 161 Å². The van der Waals surface area contributed by atoms with Crippen molar-refractivity contribution >= 4 is 52.0 Å². The Hall–Kier alpha value is -5.43. The maximum atomic E-state index is 14.7. The summed E-state index contributed by atoms with van der Waals surface area (Å²) in [7, 11) is 6.97. The van der Waals surface area contributed by atoms with Crippen LogP contribution in [0, 0.1) is 11.3 Å². The SMILES string of the molecule is CCn1c(-c2cccnc2[C@H](C)OC)c2c3cc(ccc31)-c1csc(n1)C[C@H](NC(=O)[C@H](C(C)C)N(C)C(=O)N1CCN(C(=O)CN(C)C)CC1)C(=O)N1CCC[C@H](N1)C(=O)OCC(C)(C)C2. The number of rotatable bonds is 10. The smallest absolute Gasteiger partial charge is 0.324 e. The predicted molar refractivity (Wildman–Crippen MR) is 258 cm³/mol. The number of nitrogens with zero attached hydrogens (tertiary/aromatic N) is 8. The second kappa shape index (κ2) is 20.8. The number of likely N-dealkylation sites (N-methyl/N-ethyl adjacent to an activating group) is 2. The summed E-state index contributed by atoms with van der Waals surface area (Å²) in [5.41, 5.74) is 9.27. The van der Waals surface area contributed by atoms with Crippen molar-refractivity contribution in [2.75, 3.05) is 74.1 Å². The van der Waals surface area contributed by atoms with Crippen LogP contribution in [0.5, 0.6) is 0 Å². The maximum absolute atomic E-state index is 14.7. The summed E-state index contributed by atoms with van der Waals surface area (Å²) in [6.07, 6.45) is 3.19. The molecule has 0 spiro atoms. The number of esters is 1. The van der Waals surface area contributed by atoms with Gasteiger partial charge in [-0.05, 0) is 83.0 Å². The molecule has 3 aromatic heterocycles. The first-order valence-electron chi connectivity index (χ1n) is 23.5. The molecule has 362 valence electrons. The first-order valence-corrected chi connectivity index (χ1v) is 24.4. The number of hydrogen-bond donors (Lipinski definition) is 2. The number of thiazole rings is 1. The van der Waals surface area contributed by atoms with E-state index in [1.165, 1.54) is 21.2 Å². The van der Waals surface area contributed by atoms with Gasteiger partial charge in [-0.3, -0.25) is 29.2 Å². The number of carbonyl (C=O) groups excluding carboxylic acids is 5. The summed E-state index contributed by atoms with van der Waals surface area (Å²) < 4.78 is 14.2. The van der Waals surface area contributed by atoms with E-state index in [1.807, 2.05) is 51.2 Å². The lowest BCUT2D eigenvalue weighted by atomic mass is 9.84. The van der Waals surface area contributed by atoms with Gasteiger partial charge in [-0.1, -0.05) is 33.8 Å². The number of nitrogens with one attached hydrogen (secondary N) is 2. The van der Waals surface area contributed by atoms with E-state index >= 15 is 0 Å². The van der Waals surface area contributed by atoms with Crippen molar-refractivity contribution in [1.29, 1.82) is 0 Å². The molecule has 2 fully saturated rings. The van der Waals surface area contributed by atoms with Gasteiger partial charge in [-0.15, -0.1) is 11.3 Å². The Kier molecular flexibility index (Phi) is 15.4. The average Bonchev–Trinajstić information content (AvgIpc) is 3.90. The minimum atomic E-state index is -1.08.